The Balaban J connectivity index is 1.69. The van der Waals surface area contributed by atoms with Gasteiger partial charge >= 0.3 is 0 Å². The number of amides is 2. The van der Waals surface area contributed by atoms with Crippen LogP contribution < -0.4 is 19.9 Å². The van der Waals surface area contributed by atoms with Crippen molar-refractivity contribution in [1.29, 1.82) is 0 Å². The smallest absolute Gasteiger partial charge is 0.293 e. The van der Waals surface area contributed by atoms with Crippen LogP contribution in [0.5, 0.6) is 5.75 Å². The van der Waals surface area contributed by atoms with E-state index in [0.717, 1.165) is 0 Å². The van der Waals surface area contributed by atoms with Crippen molar-refractivity contribution >= 4 is 28.9 Å². The molecule has 0 radical (unpaired) electrons. The van der Waals surface area contributed by atoms with Crippen LogP contribution in [0.2, 0.25) is 0 Å². The van der Waals surface area contributed by atoms with Crippen molar-refractivity contribution < 1.29 is 24.0 Å². The molecule has 2 heterocycles. The minimum Gasteiger partial charge on any atom is -0.477 e. The molecule has 31 heavy (non-hydrogen) atoms. The lowest BCUT2D eigenvalue weighted by atomic mass is 10.1. The van der Waals surface area contributed by atoms with Gasteiger partial charge in [0.05, 0.1) is 30.4 Å². The van der Waals surface area contributed by atoms with Crippen LogP contribution in [0.3, 0.4) is 0 Å². The molecule has 1 atom stereocenters. The predicted octanol–water partition coefficient (Wildman–Crippen LogP) is 1.59. The quantitative estimate of drug-likeness (QED) is 0.583. The first-order chi connectivity index (χ1) is 15.0. The SMILES string of the molecule is CNC(=O)[C@H]1CN(C(=O)c2ccc(N3CCOCC3)c([N+](=O)[O-])c2)c2ccccc2O1. The van der Waals surface area contributed by atoms with Crippen LogP contribution in [0.4, 0.5) is 17.1 Å². The van der Waals surface area contributed by atoms with Gasteiger partial charge in [0, 0.05) is 31.8 Å². The molecule has 162 valence electrons. The van der Waals surface area contributed by atoms with Gasteiger partial charge in [-0.15, -0.1) is 0 Å². The normalized spacial score (nSPS) is 18.0. The lowest BCUT2D eigenvalue weighted by Gasteiger charge is -2.34. The first-order valence-corrected chi connectivity index (χ1v) is 9.90. The van der Waals surface area contributed by atoms with E-state index in [1.54, 1.807) is 36.4 Å². The zero-order valence-corrected chi connectivity index (χ0v) is 16.9. The fourth-order valence-corrected chi connectivity index (χ4v) is 3.75. The lowest BCUT2D eigenvalue weighted by molar-refractivity contribution is -0.384. The molecule has 2 aliphatic heterocycles. The summed E-state index contributed by atoms with van der Waals surface area (Å²) in [4.78, 5) is 40.1. The molecular weight excluding hydrogens is 404 g/mol. The summed E-state index contributed by atoms with van der Waals surface area (Å²) in [6.45, 7) is 2.05. The zero-order valence-electron chi connectivity index (χ0n) is 16.9. The second-order valence-corrected chi connectivity index (χ2v) is 7.16. The molecule has 0 saturated carbocycles. The van der Waals surface area contributed by atoms with Gasteiger partial charge in [0.2, 0.25) is 0 Å². The molecule has 2 aliphatic rings. The summed E-state index contributed by atoms with van der Waals surface area (Å²) in [6, 6.07) is 11.4. The van der Waals surface area contributed by atoms with Gasteiger partial charge in [-0.05, 0) is 24.3 Å². The second-order valence-electron chi connectivity index (χ2n) is 7.16. The van der Waals surface area contributed by atoms with E-state index in [2.05, 4.69) is 5.32 Å². The third-order valence-electron chi connectivity index (χ3n) is 5.33. The molecule has 0 spiro atoms. The second kappa shape index (κ2) is 8.60. The molecule has 1 N–H and O–H groups in total. The number of anilines is 2. The fourth-order valence-electron chi connectivity index (χ4n) is 3.75. The van der Waals surface area contributed by atoms with E-state index in [1.807, 2.05) is 4.90 Å². The van der Waals surface area contributed by atoms with Crippen LogP contribution in [0.1, 0.15) is 10.4 Å². The summed E-state index contributed by atoms with van der Waals surface area (Å²) in [5, 5.41) is 14.3. The van der Waals surface area contributed by atoms with Crippen LogP contribution in [0, 0.1) is 10.1 Å². The van der Waals surface area contributed by atoms with Gasteiger partial charge in [-0.1, -0.05) is 12.1 Å². The maximum atomic E-state index is 13.4. The number of hydrogen-bond acceptors (Lipinski definition) is 7. The number of morpholine rings is 1. The Bertz CT molecular complexity index is 1020. The highest BCUT2D eigenvalue weighted by Crippen LogP contribution is 2.36. The van der Waals surface area contributed by atoms with Crippen LogP contribution in [-0.4, -0.2) is 62.7 Å². The average Bonchev–Trinajstić information content (AvgIpc) is 2.82. The average molecular weight is 426 g/mol. The summed E-state index contributed by atoms with van der Waals surface area (Å²) in [6.07, 6.45) is -0.883. The van der Waals surface area contributed by atoms with Gasteiger partial charge in [0.15, 0.2) is 6.10 Å². The highest BCUT2D eigenvalue weighted by molar-refractivity contribution is 6.08. The van der Waals surface area contributed by atoms with Crippen LogP contribution in [0.15, 0.2) is 42.5 Å². The van der Waals surface area contributed by atoms with E-state index in [4.69, 9.17) is 9.47 Å². The van der Waals surface area contributed by atoms with Gasteiger partial charge in [-0.2, -0.15) is 0 Å². The number of rotatable bonds is 4. The van der Waals surface area contributed by atoms with Crippen LogP contribution in [-0.2, 0) is 9.53 Å². The Labute approximate surface area is 178 Å². The third kappa shape index (κ3) is 4.02. The molecule has 1 saturated heterocycles. The van der Waals surface area contributed by atoms with Gasteiger partial charge in [0.1, 0.15) is 11.4 Å². The topological polar surface area (TPSA) is 114 Å². The molecule has 1 fully saturated rings. The Morgan fingerprint density at radius 1 is 1.13 bits per heavy atom. The lowest BCUT2D eigenvalue weighted by Crippen LogP contribution is -2.50. The van der Waals surface area contributed by atoms with Crippen molar-refractivity contribution in [2.45, 2.75) is 6.10 Å². The van der Waals surface area contributed by atoms with E-state index in [-0.39, 0.29) is 23.7 Å². The summed E-state index contributed by atoms with van der Waals surface area (Å²) >= 11 is 0. The molecule has 10 nitrogen and oxygen atoms in total. The summed E-state index contributed by atoms with van der Waals surface area (Å²) in [5.74, 6) is -0.405. The largest absolute Gasteiger partial charge is 0.477 e. The van der Waals surface area contributed by atoms with E-state index >= 15 is 0 Å². The molecule has 2 aromatic rings. The molecule has 2 aromatic carbocycles. The Morgan fingerprint density at radius 2 is 1.87 bits per heavy atom. The molecule has 10 heteroatoms. The maximum Gasteiger partial charge on any atom is 0.293 e. The highest BCUT2D eigenvalue weighted by Gasteiger charge is 2.34. The standard InChI is InChI=1S/C21H22N4O6/c1-22-20(26)19-13-24(16-4-2-3-5-18(16)31-19)21(27)14-6-7-15(17(12-14)25(28)29)23-8-10-30-11-9-23/h2-7,12,19H,8-11,13H2,1H3,(H,22,26)/t19-/m1/s1. The third-order valence-corrected chi connectivity index (χ3v) is 5.33. The molecule has 0 bridgehead atoms. The van der Waals surface area contributed by atoms with Gasteiger partial charge in [-0.3, -0.25) is 19.7 Å². The Hall–Kier alpha value is -3.66. The minimum atomic E-state index is -0.883. The van der Waals surface area contributed by atoms with E-state index in [0.29, 0.717) is 43.4 Å². The summed E-state index contributed by atoms with van der Waals surface area (Å²) in [7, 11) is 1.49. The number of nitrogens with one attached hydrogen (secondary N) is 1. The molecular formula is C21H22N4O6. The molecule has 0 aliphatic carbocycles. The molecule has 0 aromatic heterocycles. The van der Waals surface area contributed by atoms with Crippen molar-refractivity contribution in [3.05, 3.63) is 58.1 Å². The van der Waals surface area contributed by atoms with E-state index < -0.39 is 16.9 Å². The number of benzene rings is 2. The summed E-state index contributed by atoms with van der Waals surface area (Å²) < 4.78 is 11.0. The number of carbonyl (C=O) groups excluding carboxylic acids is 2. The monoisotopic (exact) mass is 426 g/mol. The van der Waals surface area contributed by atoms with Crippen LogP contribution in [0.25, 0.3) is 0 Å². The van der Waals surface area contributed by atoms with Crippen molar-refractivity contribution in [2.75, 3.05) is 49.7 Å². The first kappa shape index (κ1) is 20.6. The van der Waals surface area contributed by atoms with E-state index in [9.17, 15) is 19.7 Å². The Morgan fingerprint density at radius 3 is 2.58 bits per heavy atom. The van der Waals surface area contributed by atoms with Crippen molar-refractivity contribution in [1.82, 2.24) is 5.32 Å². The number of nitro groups is 1. The van der Waals surface area contributed by atoms with Gasteiger partial charge in [0.25, 0.3) is 17.5 Å². The minimum absolute atomic E-state index is 0.00542. The zero-order chi connectivity index (χ0) is 22.0. The Kier molecular flexibility index (Phi) is 5.72. The predicted molar refractivity (Wildman–Crippen MR) is 113 cm³/mol. The van der Waals surface area contributed by atoms with Crippen molar-refractivity contribution in [2.24, 2.45) is 0 Å². The molecule has 0 unspecified atom stereocenters. The number of nitro benzene ring substituents is 1. The van der Waals surface area contributed by atoms with Crippen molar-refractivity contribution in [3.8, 4) is 5.75 Å². The van der Waals surface area contributed by atoms with E-state index in [1.165, 1.54) is 18.0 Å². The number of hydrogen-bond donors (Lipinski definition) is 1. The first-order valence-electron chi connectivity index (χ1n) is 9.90. The fraction of sp³-hybridized carbons (Fsp3) is 0.333. The molecule has 4 rings (SSSR count). The number of nitrogens with zero attached hydrogens (tertiary/aromatic N) is 3. The van der Waals surface area contributed by atoms with Crippen LogP contribution >= 0.6 is 0 Å². The number of carbonyl (C=O) groups is 2. The highest BCUT2D eigenvalue weighted by atomic mass is 16.6. The van der Waals surface area contributed by atoms with Gasteiger partial charge in [-0.25, -0.2) is 0 Å². The number of likely N-dealkylation sites (N-methyl/N-ethyl adjacent to an activating group) is 1. The number of para-hydroxylation sites is 2. The van der Waals surface area contributed by atoms with Crippen molar-refractivity contribution in [3.63, 3.8) is 0 Å². The summed E-state index contributed by atoms with van der Waals surface area (Å²) in [5.41, 5.74) is 0.983. The van der Waals surface area contributed by atoms with Gasteiger partial charge < -0.3 is 24.6 Å². The maximum absolute atomic E-state index is 13.4. The number of ether oxygens (including phenoxy) is 2. The number of fused-ring (bicyclic) bond motifs is 1. The molecule has 2 amide bonds.